The van der Waals surface area contributed by atoms with Crippen LogP contribution in [-0.2, 0) is 6.18 Å². The molecule has 3 rings (SSSR count). The van der Waals surface area contributed by atoms with E-state index in [2.05, 4.69) is 4.98 Å². The lowest BCUT2D eigenvalue weighted by Crippen LogP contribution is -2.06. The van der Waals surface area contributed by atoms with Crippen molar-refractivity contribution in [1.82, 2.24) is 4.98 Å². The Kier molecular flexibility index (Phi) is 3.05. The monoisotopic (exact) mass is 289 g/mol. The van der Waals surface area contributed by atoms with Crippen molar-refractivity contribution < 1.29 is 18.3 Å². The molecule has 1 N–H and O–H groups in total. The van der Waals surface area contributed by atoms with Gasteiger partial charge < -0.3 is 5.11 Å². The molecule has 1 heterocycles. The number of benzene rings is 2. The molecule has 2 aromatic carbocycles. The molecule has 0 aliphatic rings. The van der Waals surface area contributed by atoms with Gasteiger partial charge in [-0.05, 0) is 35.4 Å². The molecular weight excluding hydrogens is 279 g/mol. The van der Waals surface area contributed by atoms with Gasteiger partial charge in [-0.1, -0.05) is 24.3 Å². The van der Waals surface area contributed by atoms with Gasteiger partial charge in [0.15, 0.2) is 0 Å². The van der Waals surface area contributed by atoms with Crippen molar-refractivity contribution >= 4 is 10.9 Å². The smallest absolute Gasteiger partial charge is 0.417 e. The zero-order valence-electron chi connectivity index (χ0n) is 10.7. The van der Waals surface area contributed by atoms with Crippen LogP contribution in [0, 0.1) is 0 Å². The number of pyridine rings is 1. The predicted molar refractivity (Wildman–Crippen MR) is 73.8 cm³/mol. The molecule has 0 radical (unpaired) electrons. The average molecular weight is 289 g/mol. The first-order chi connectivity index (χ1) is 9.97. The van der Waals surface area contributed by atoms with Crippen molar-refractivity contribution in [3.8, 4) is 16.9 Å². The van der Waals surface area contributed by atoms with Crippen molar-refractivity contribution in [3.63, 3.8) is 0 Å². The summed E-state index contributed by atoms with van der Waals surface area (Å²) in [5.74, 6) is 0.0515. The van der Waals surface area contributed by atoms with E-state index in [0.29, 0.717) is 16.5 Å². The lowest BCUT2D eigenvalue weighted by molar-refractivity contribution is -0.137. The molecule has 0 bridgehead atoms. The molecule has 0 fully saturated rings. The highest BCUT2D eigenvalue weighted by atomic mass is 19.4. The minimum atomic E-state index is -4.42. The summed E-state index contributed by atoms with van der Waals surface area (Å²) in [5, 5.41) is 10.2. The first-order valence-corrected chi connectivity index (χ1v) is 6.21. The first kappa shape index (κ1) is 13.4. The van der Waals surface area contributed by atoms with E-state index in [9.17, 15) is 18.3 Å². The summed E-state index contributed by atoms with van der Waals surface area (Å²) in [4.78, 5) is 4.08. The lowest BCUT2D eigenvalue weighted by Gasteiger charge is -2.13. The first-order valence-electron chi connectivity index (χ1n) is 6.21. The second-order valence-electron chi connectivity index (χ2n) is 4.61. The van der Waals surface area contributed by atoms with Gasteiger partial charge in [0.1, 0.15) is 5.75 Å². The number of rotatable bonds is 1. The highest BCUT2D eigenvalue weighted by Crippen LogP contribution is 2.38. The summed E-state index contributed by atoms with van der Waals surface area (Å²) in [5.41, 5.74) is 0.263. The average Bonchev–Trinajstić information content (AvgIpc) is 2.46. The fourth-order valence-electron chi connectivity index (χ4n) is 2.28. The van der Waals surface area contributed by atoms with Gasteiger partial charge in [0.2, 0.25) is 0 Å². The Bertz CT molecular complexity index is 812. The third-order valence-corrected chi connectivity index (χ3v) is 3.26. The van der Waals surface area contributed by atoms with E-state index in [1.165, 1.54) is 24.4 Å². The molecular formula is C16H10F3NO. The number of hydrogen-bond acceptors (Lipinski definition) is 2. The van der Waals surface area contributed by atoms with Crippen LogP contribution in [0.4, 0.5) is 13.2 Å². The quantitative estimate of drug-likeness (QED) is 0.708. The number of hydrogen-bond donors (Lipinski definition) is 1. The summed E-state index contributed by atoms with van der Waals surface area (Å²) in [6.07, 6.45) is -3.01. The van der Waals surface area contributed by atoms with Gasteiger partial charge in [0, 0.05) is 11.6 Å². The molecule has 0 saturated heterocycles. The summed E-state index contributed by atoms with van der Waals surface area (Å²) in [6.45, 7) is 0. The number of aromatic hydroxyl groups is 1. The minimum absolute atomic E-state index is 0.0515. The lowest BCUT2D eigenvalue weighted by atomic mass is 9.98. The maximum Gasteiger partial charge on any atom is 0.417 e. The fourth-order valence-corrected chi connectivity index (χ4v) is 2.28. The Balaban J connectivity index is 2.22. The maximum absolute atomic E-state index is 13.1. The molecule has 0 aliphatic heterocycles. The van der Waals surface area contributed by atoms with E-state index in [1.54, 1.807) is 24.3 Å². The Morgan fingerprint density at radius 2 is 1.71 bits per heavy atom. The molecule has 106 valence electrons. The van der Waals surface area contributed by atoms with Gasteiger partial charge >= 0.3 is 6.18 Å². The normalized spacial score (nSPS) is 11.8. The molecule has 1 aromatic heterocycles. The third kappa shape index (κ3) is 2.42. The van der Waals surface area contributed by atoms with Crippen LogP contribution in [0.15, 0.2) is 54.7 Å². The van der Waals surface area contributed by atoms with Crippen LogP contribution < -0.4 is 0 Å². The second kappa shape index (κ2) is 4.77. The number of fused-ring (bicyclic) bond motifs is 1. The van der Waals surface area contributed by atoms with Crippen molar-refractivity contribution in [3.05, 3.63) is 60.3 Å². The molecule has 0 atom stereocenters. The zero-order chi connectivity index (χ0) is 15.0. The van der Waals surface area contributed by atoms with Gasteiger partial charge in [-0.25, -0.2) is 0 Å². The van der Waals surface area contributed by atoms with Crippen molar-refractivity contribution in [1.29, 1.82) is 0 Å². The Labute approximate surface area is 118 Å². The van der Waals surface area contributed by atoms with Crippen LogP contribution in [0.1, 0.15) is 5.56 Å². The SMILES string of the molecule is Oc1ccnc2cc(-c3ccccc3C(F)(F)F)ccc12. The molecule has 0 amide bonds. The van der Waals surface area contributed by atoms with E-state index in [-0.39, 0.29) is 11.3 Å². The topological polar surface area (TPSA) is 33.1 Å². The van der Waals surface area contributed by atoms with Crippen molar-refractivity contribution in [2.24, 2.45) is 0 Å². The van der Waals surface area contributed by atoms with E-state index >= 15 is 0 Å². The Hall–Kier alpha value is -2.56. The number of nitrogens with zero attached hydrogens (tertiary/aromatic N) is 1. The van der Waals surface area contributed by atoms with Crippen LogP contribution in [0.25, 0.3) is 22.0 Å². The fraction of sp³-hybridized carbons (Fsp3) is 0.0625. The second-order valence-corrected chi connectivity index (χ2v) is 4.61. The number of halogens is 3. The summed E-state index contributed by atoms with van der Waals surface area (Å²) in [7, 11) is 0. The maximum atomic E-state index is 13.1. The van der Waals surface area contributed by atoms with E-state index < -0.39 is 11.7 Å². The predicted octanol–water partition coefficient (Wildman–Crippen LogP) is 4.63. The van der Waals surface area contributed by atoms with Crippen molar-refractivity contribution in [2.75, 3.05) is 0 Å². The van der Waals surface area contributed by atoms with Gasteiger partial charge in [0.25, 0.3) is 0 Å². The van der Waals surface area contributed by atoms with Gasteiger partial charge in [-0.15, -0.1) is 0 Å². The molecule has 21 heavy (non-hydrogen) atoms. The van der Waals surface area contributed by atoms with Crippen molar-refractivity contribution in [2.45, 2.75) is 6.18 Å². The Morgan fingerprint density at radius 1 is 0.952 bits per heavy atom. The summed E-state index contributed by atoms with van der Waals surface area (Å²) in [6, 6.07) is 11.5. The van der Waals surface area contributed by atoms with E-state index in [0.717, 1.165) is 6.07 Å². The van der Waals surface area contributed by atoms with Crippen LogP contribution in [0.2, 0.25) is 0 Å². The van der Waals surface area contributed by atoms with Gasteiger partial charge in [-0.3, -0.25) is 4.98 Å². The Morgan fingerprint density at radius 3 is 2.48 bits per heavy atom. The van der Waals surface area contributed by atoms with Gasteiger partial charge in [-0.2, -0.15) is 13.2 Å². The molecule has 5 heteroatoms. The van der Waals surface area contributed by atoms with Crippen LogP contribution in [-0.4, -0.2) is 10.1 Å². The summed E-state index contributed by atoms with van der Waals surface area (Å²) < 4.78 is 39.2. The van der Waals surface area contributed by atoms with E-state index in [1.807, 2.05) is 0 Å². The highest BCUT2D eigenvalue weighted by Gasteiger charge is 2.33. The largest absolute Gasteiger partial charge is 0.507 e. The van der Waals surface area contributed by atoms with Gasteiger partial charge in [0.05, 0.1) is 11.1 Å². The van der Waals surface area contributed by atoms with Crippen LogP contribution >= 0.6 is 0 Å². The van der Waals surface area contributed by atoms with Crippen LogP contribution in [0.5, 0.6) is 5.75 Å². The summed E-state index contributed by atoms with van der Waals surface area (Å²) >= 11 is 0. The molecule has 0 saturated carbocycles. The molecule has 3 aromatic rings. The zero-order valence-corrected chi connectivity index (χ0v) is 10.7. The van der Waals surface area contributed by atoms with Crippen LogP contribution in [0.3, 0.4) is 0 Å². The van der Waals surface area contributed by atoms with E-state index in [4.69, 9.17) is 0 Å². The number of aromatic nitrogens is 1. The standard InChI is InChI=1S/C16H10F3NO/c17-16(18,19)13-4-2-1-3-11(13)10-5-6-12-14(9-10)20-8-7-15(12)21/h1-9H,(H,20,21). The molecule has 2 nitrogen and oxygen atoms in total. The third-order valence-electron chi connectivity index (χ3n) is 3.26. The molecule has 0 unspecified atom stereocenters. The molecule has 0 spiro atoms. The number of alkyl halides is 3. The highest BCUT2D eigenvalue weighted by molar-refractivity contribution is 5.89. The minimum Gasteiger partial charge on any atom is -0.507 e. The molecule has 0 aliphatic carbocycles.